The molecule has 0 aromatic heterocycles. The molecular weight excluding hydrogens is 263 g/mol. The van der Waals surface area contributed by atoms with Crippen molar-refractivity contribution in [3.05, 3.63) is 29.6 Å². The van der Waals surface area contributed by atoms with Gasteiger partial charge in [-0.05, 0) is 49.4 Å². The molecular formula is C18H27FN2. The summed E-state index contributed by atoms with van der Waals surface area (Å²) in [5, 5.41) is 3.47. The fourth-order valence-corrected chi connectivity index (χ4v) is 3.34. The van der Waals surface area contributed by atoms with Gasteiger partial charge in [0, 0.05) is 31.4 Å². The highest BCUT2D eigenvalue weighted by molar-refractivity contribution is 5.49. The van der Waals surface area contributed by atoms with Crippen LogP contribution in [0.4, 0.5) is 10.1 Å². The topological polar surface area (TPSA) is 15.3 Å². The third-order valence-corrected chi connectivity index (χ3v) is 4.89. The van der Waals surface area contributed by atoms with Gasteiger partial charge in [0.1, 0.15) is 5.82 Å². The summed E-state index contributed by atoms with van der Waals surface area (Å²) in [5.41, 5.74) is 2.10. The van der Waals surface area contributed by atoms with Gasteiger partial charge in [-0.1, -0.05) is 25.7 Å². The summed E-state index contributed by atoms with van der Waals surface area (Å²) in [6.07, 6.45) is 10.3. The summed E-state index contributed by atoms with van der Waals surface area (Å²) in [6, 6.07) is 6.74. The normalized spacial score (nSPS) is 20.3. The lowest BCUT2D eigenvalue weighted by molar-refractivity contribution is 0.550. The van der Waals surface area contributed by atoms with Crippen molar-refractivity contribution < 1.29 is 4.39 Å². The van der Waals surface area contributed by atoms with Gasteiger partial charge in [-0.25, -0.2) is 4.39 Å². The van der Waals surface area contributed by atoms with Gasteiger partial charge in [-0.15, -0.1) is 0 Å². The molecule has 0 heterocycles. The van der Waals surface area contributed by atoms with Crippen LogP contribution >= 0.6 is 0 Å². The Balaban J connectivity index is 1.69. The minimum atomic E-state index is -0.111. The van der Waals surface area contributed by atoms with Gasteiger partial charge in [0.15, 0.2) is 0 Å². The van der Waals surface area contributed by atoms with Crippen LogP contribution in [0, 0.1) is 5.82 Å². The summed E-state index contributed by atoms with van der Waals surface area (Å²) >= 11 is 0. The summed E-state index contributed by atoms with van der Waals surface area (Å²) in [6.45, 7) is 0.786. The zero-order valence-corrected chi connectivity index (χ0v) is 13.1. The van der Waals surface area contributed by atoms with E-state index in [1.54, 1.807) is 12.1 Å². The maximum atomic E-state index is 13.9. The highest BCUT2D eigenvalue weighted by Gasteiger charge is 2.21. The molecule has 0 amide bonds. The van der Waals surface area contributed by atoms with Crippen molar-refractivity contribution in [2.24, 2.45) is 0 Å². The molecule has 3 heteroatoms. The summed E-state index contributed by atoms with van der Waals surface area (Å²) < 4.78 is 13.9. The molecule has 0 radical (unpaired) electrons. The number of anilines is 1. The molecule has 116 valence electrons. The van der Waals surface area contributed by atoms with E-state index in [9.17, 15) is 4.39 Å². The molecule has 0 atom stereocenters. The van der Waals surface area contributed by atoms with Crippen LogP contribution in [-0.4, -0.2) is 19.1 Å². The second-order valence-electron chi connectivity index (χ2n) is 6.73. The minimum absolute atomic E-state index is 0.111. The first-order valence-electron chi connectivity index (χ1n) is 8.48. The maximum absolute atomic E-state index is 13.9. The van der Waals surface area contributed by atoms with Crippen molar-refractivity contribution in [1.82, 2.24) is 5.32 Å². The Morgan fingerprint density at radius 1 is 1.05 bits per heavy atom. The van der Waals surface area contributed by atoms with Crippen molar-refractivity contribution in [2.75, 3.05) is 11.9 Å². The van der Waals surface area contributed by atoms with Crippen molar-refractivity contribution in [1.29, 1.82) is 0 Å². The van der Waals surface area contributed by atoms with Crippen LogP contribution in [0.1, 0.15) is 56.9 Å². The third-order valence-electron chi connectivity index (χ3n) is 4.89. The summed E-state index contributed by atoms with van der Waals surface area (Å²) in [7, 11) is 2.13. The van der Waals surface area contributed by atoms with Gasteiger partial charge < -0.3 is 10.2 Å². The summed E-state index contributed by atoms with van der Waals surface area (Å²) in [4.78, 5) is 2.30. The second-order valence-corrected chi connectivity index (χ2v) is 6.73. The number of hydrogen-bond donors (Lipinski definition) is 1. The lowest BCUT2D eigenvalue weighted by atomic mass is 10.1. The predicted molar refractivity (Wildman–Crippen MR) is 86.2 cm³/mol. The van der Waals surface area contributed by atoms with E-state index in [0.29, 0.717) is 12.1 Å². The number of nitrogens with zero attached hydrogens (tertiary/aromatic N) is 1. The van der Waals surface area contributed by atoms with E-state index in [4.69, 9.17) is 0 Å². The van der Waals surface area contributed by atoms with Crippen molar-refractivity contribution in [3.63, 3.8) is 0 Å². The fraction of sp³-hybridized carbons (Fsp3) is 0.667. The van der Waals surface area contributed by atoms with Crippen LogP contribution in [0.5, 0.6) is 0 Å². The lowest BCUT2D eigenvalue weighted by Crippen LogP contribution is -2.31. The van der Waals surface area contributed by atoms with E-state index in [2.05, 4.69) is 23.3 Å². The first-order chi connectivity index (χ1) is 10.2. The standard InChI is InChI=1S/C18H27FN2/c1-21(17-6-4-2-3-5-7-17)18-11-14(10-15(19)12-18)13-20-16-8-9-16/h10-12,16-17,20H,2-9,13H2,1H3. The monoisotopic (exact) mass is 290 g/mol. The van der Waals surface area contributed by atoms with Crippen molar-refractivity contribution in [3.8, 4) is 0 Å². The van der Waals surface area contributed by atoms with E-state index >= 15 is 0 Å². The van der Waals surface area contributed by atoms with Gasteiger partial charge in [-0.3, -0.25) is 0 Å². The van der Waals surface area contributed by atoms with Gasteiger partial charge in [-0.2, -0.15) is 0 Å². The third kappa shape index (κ3) is 4.19. The van der Waals surface area contributed by atoms with Crippen molar-refractivity contribution >= 4 is 5.69 Å². The highest BCUT2D eigenvalue weighted by atomic mass is 19.1. The maximum Gasteiger partial charge on any atom is 0.125 e. The van der Waals surface area contributed by atoms with E-state index in [-0.39, 0.29) is 5.82 Å². The molecule has 1 N–H and O–H groups in total. The molecule has 3 rings (SSSR count). The van der Waals surface area contributed by atoms with Gasteiger partial charge in [0.05, 0.1) is 0 Å². The van der Waals surface area contributed by atoms with Gasteiger partial charge in [0.25, 0.3) is 0 Å². The minimum Gasteiger partial charge on any atom is -0.372 e. The fourth-order valence-electron chi connectivity index (χ4n) is 3.34. The first kappa shape index (κ1) is 14.8. The highest BCUT2D eigenvalue weighted by Crippen LogP contribution is 2.27. The smallest absolute Gasteiger partial charge is 0.125 e. The van der Waals surface area contributed by atoms with Crippen LogP contribution < -0.4 is 10.2 Å². The molecule has 0 saturated heterocycles. The zero-order chi connectivity index (χ0) is 14.7. The van der Waals surface area contributed by atoms with Crippen LogP contribution in [0.2, 0.25) is 0 Å². The average Bonchev–Trinajstić information content (AvgIpc) is 3.30. The molecule has 0 bridgehead atoms. The van der Waals surface area contributed by atoms with Crippen LogP contribution in [0.25, 0.3) is 0 Å². The molecule has 1 aromatic carbocycles. The number of hydrogen-bond acceptors (Lipinski definition) is 2. The quantitative estimate of drug-likeness (QED) is 0.816. The first-order valence-corrected chi connectivity index (χ1v) is 8.48. The Labute approximate surface area is 127 Å². The lowest BCUT2D eigenvalue weighted by Gasteiger charge is -2.29. The second kappa shape index (κ2) is 6.78. The molecule has 2 aliphatic carbocycles. The number of halogens is 1. The molecule has 2 aliphatic rings. The van der Waals surface area contributed by atoms with Crippen LogP contribution in [0.15, 0.2) is 18.2 Å². The van der Waals surface area contributed by atoms with Gasteiger partial charge >= 0.3 is 0 Å². The predicted octanol–water partition coefficient (Wildman–Crippen LogP) is 4.24. The van der Waals surface area contributed by atoms with Crippen molar-refractivity contribution in [2.45, 2.75) is 70.0 Å². The molecule has 2 fully saturated rings. The molecule has 2 nitrogen and oxygen atoms in total. The van der Waals surface area contributed by atoms with Crippen LogP contribution in [0.3, 0.4) is 0 Å². The van der Waals surface area contributed by atoms with E-state index in [1.165, 1.54) is 51.4 Å². The SMILES string of the molecule is CN(c1cc(F)cc(CNC2CC2)c1)C1CCCCCC1. The molecule has 0 aliphatic heterocycles. The van der Waals surface area contributed by atoms with E-state index in [1.807, 2.05) is 0 Å². The molecule has 2 saturated carbocycles. The Kier molecular flexibility index (Phi) is 4.79. The van der Waals surface area contributed by atoms with E-state index in [0.717, 1.165) is 17.8 Å². The largest absolute Gasteiger partial charge is 0.372 e. The Hall–Kier alpha value is -1.09. The van der Waals surface area contributed by atoms with E-state index < -0.39 is 0 Å². The number of rotatable bonds is 5. The van der Waals surface area contributed by atoms with Gasteiger partial charge in [0.2, 0.25) is 0 Å². The Bertz CT molecular complexity index is 462. The molecule has 0 unspecified atom stereocenters. The number of nitrogens with one attached hydrogen (secondary N) is 1. The molecule has 1 aromatic rings. The average molecular weight is 290 g/mol. The molecule has 21 heavy (non-hydrogen) atoms. The zero-order valence-electron chi connectivity index (χ0n) is 13.1. The number of benzene rings is 1. The Morgan fingerprint density at radius 3 is 2.43 bits per heavy atom. The Morgan fingerprint density at radius 2 is 1.76 bits per heavy atom. The molecule has 0 spiro atoms. The summed E-state index contributed by atoms with van der Waals surface area (Å²) in [5.74, 6) is -0.111. The van der Waals surface area contributed by atoms with Crippen LogP contribution in [-0.2, 0) is 6.54 Å².